The Balaban J connectivity index is 1.23. The van der Waals surface area contributed by atoms with Crippen LogP contribution in [0.1, 0.15) is 56.9 Å². The number of hydrogen-bond donors (Lipinski definition) is 1. The van der Waals surface area contributed by atoms with Crippen LogP contribution < -0.4 is 10.5 Å². The first-order valence-electron chi connectivity index (χ1n) is 16.8. The van der Waals surface area contributed by atoms with Gasteiger partial charge in [-0.2, -0.15) is 13.1 Å². The van der Waals surface area contributed by atoms with Crippen LogP contribution >= 0.6 is 0 Å². The van der Waals surface area contributed by atoms with Crippen LogP contribution in [0, 0.1) is 0 Å². The fourth-order valence-electron chi connectivity index (χ4n) is 7.87. The molecule has 1 aliphatic carbocycles. The zero-order chi connectivity index (χ0) is 33.6. The molecule has 2 aliphatic heterocycles. The Morgan fingerprint density at radius 1 is 0.854 bits per heavy atom. The van der Waals surface area contributed by atoms with Gasteiger partial charge in [-0.05, 0) is 97.5 Å². The van der Waals surface area contributed by atoms with E-state index in [-0.39, 0.29) is 29.1 Å². The predicted molar refractivity (Wildman–Crippen MR) is 182 cm³/mol. The third-order valence-corrected chi connectivity index (χ3v) is 12.2. The second-order valence-electron chi connectivity index (χ2n) is 13.5. The van der Waals surface area contributed by atoms with E-state index in [2.05, 4.69) is 0 Å². The monoisotopic (exact) mass is 673 g/mol. The highest BCUT2D eigenvalue weighted by molar-refractivity contribution is 7.89. The van der Waals surface area contributed by atoms with Gasteiger partial charge in [0.2, 0.25) is 15.9 Å². The number of nitrogens with two attached hydrogens (primary N) is 1. The molecule has 252 valence electrons. The van der Waals surface area contributed by atoms with E-state index in [1.807, 2.05) is 36.4 Å². The van der Waals surface area contributed by atoms with E-state index in [0.29, 0.717) is 41.1 Å². The van der Waals surface area contributed by atoms with Gasteiger partial charge in [-0.25, -0.2) is 8.42 Å². The topological polar surface area (TPSA) is 92.9 Å². The number of hydrogen-bond acceptors (Lipinski definition) is 5. The molecular weight excluding hydrogens is 632 g/mol. The highest BCUT2D eigenvalue weighted by Gasteiger charge is 2.56. The van der Waals surface area contributed by atoms with Crippen molar-refractivity contribution < 1.29 is 26.7 Å². The summed E-state index contributed by atoms with van der Waals surface area (Å²) in [7, 11) is -3.47. The highest BCUT2D eigenvalue weighted by Crippen LogP contribution is 2.42. The van der Waals surface area contributed by atoms with Crippen molar-refractivity contribution in [3.63, 3.8) is 0 Å². The van der Waals surface area contributed by atoms with Gasteiger partial charge >= 0.3 is 0 Å². The van der Waals surface area contributed by atoms with Crippen LogP contribution in [0.5, 0.6) is 5.75 Å². The summed E-state index contributed by atoms with van der Waals surface area (Å²) in [6, 6.07) is 22.0. The number of carbonyl (C=O) groups excluding carboxylic acids is 1. The lowest BCUT2D eigenvalue weighted by Crippen LogP contribution is -2.61. The lowest BCUT2D eigenvalue weighted by Gasteiger charge is -2.42. The Hall–Kier alpha value is -3.86. The smallest absolute Gasteiger partial charge is 0.298 e. The summed E-state index contributed by atoms with van der Waals surface area (Å²) < 4.78 is 68.9. The van der Waals surface area contributed by atoms with Crippen LogP contribution in [-0.4, -0.2) is 60.8 Å². The first kappa shape index (κ1) is 32.7. The minimum atomic E-state index is -4.56. The molecule has 2 N–H and O–H groups in total. The zero-order valence-electron chi connectivity index (χ0n) is 27.0. The largest absolute Gasteiger partial charge is 0.490 e. The summed E-state index contributed by atoms with van der Waals surface area (Å²) in [4.78, 5) is 15.7. The number of likely N-dealkylation sites (N-methyl/N-ethyl adjacent to an activating group) is 1. The molecule has 0 spiro atoms. The third kappa shape index (κ3) is 6.10. The fourth-order valence-corrected chi connectivity index (χ4v) is 9.22. The Labute approximate surface area is 280 Å². The number of piperidine rings is 1. The molecule has 1 amide bonds. The van der Waals surface area contributed by atoms with Gasteiger partial charge in [-0.1, -0.05) is 66.7 Å². The molecule has 4 aromatic rings. The molecule has 48 heavy (non-hydrogen) atoms. The number of carbonyl (C=O) groups is 1. The molecule has 1 saturated carbocycles. The maximum atomic E-state index is 16.9. The first-order valence-corrected chi connectivity index (χ1v) is 18.3. The summed E-state index contributed by atoms with van der Waals surface area (Å²) in [5.41, 5.74) is 7.39. The van der Waals surface area contributed by atoms with Crippen molar-refractivity contribution >= 4 is 26.7 Å². The molecule has 3 fully saturated rings. The standard InChI is InChI=1S/C38H41F2N3O4S/c1-42(48(45,46)35-20-14-27-21-34(19-13-28(27)22-35)47-33-9-5-6-10-33)36(37(44)43-31-17-18-32(43)24-30(41)23-31)38(39,40)29-15-11-26(12-16-29)25-7-3-2-4-8-25/h2-4,7-8,11-16,19-22,30-33,36H,5-6,9-10,17-18,23-24,41H2,1H3/t30?,31?,32?,36-/m1/s1. The van der Waals surface area contributed by atoms with Crippen LogP contribution in [0.2, 0.25) is 0 Å². The van der Waals surface area contributed by atoms with E-state index in [9.17, 15) is 13.2 Å². The van der Waals surface area contributed by atoms with Crippen LogP contribution in [0.3, 0.4) is 0 Å². The molecular formula is C38H41F2N3O4S. The molecule has 2 bridgehead atoms. The average Bonchev–Trinajstić information content (AvgIpc) is 3.70. The number of fused-ring (bicyclic) bond motifs is 3. The second-order valence-corrected chi connectivity index (χ2v) is 15.5. The second kappa shape index (κ2) is 12.9. The highest BCUT2D eigenvalue weighted by atomic mass is 32.2. The normalized spacial score (nSPS) is 22.4. The maximum Gasteiger partial charge on any atom is 0.298 e. The first-order chi connectivity index (χ1) is 23.0. The van der Waals surface area contributed by atoms with Crippen molar-refractivity contribution in [2.45, 2.75) is 92.5 Å². The van der Waals surface area contributed by atoms with E-state index < -0.39 is 33.5 Å². The van der Waals surface area contributed by atoms with Gasteiger partial charge in [0.25, 0.3) is 5.92 Å². The van der Waals surface area contributed by atoms with Crippen LogP contribution in [0.4, 0.5) is 8.78 Å². The van der Waals surface area contributed by atoms with Gasteiger partial charge in [0, 0.05) is 30.7 Å². The molecule has 3 aliphatic rings. The van der Waals surface area contributed by atoms with Gasteiger partial charge in [-0.15, -0.1) is 0 Å². The Morgan fingerprint density at radius 2 is 1.46 bits per heavy atom. The number of sulfonamides is 1. The number of halogens is 2. The van der Waals surface area contributed by atoms with Crippen molar-refractivity contribution in [1.29, 1.82) is 0 Å². The summed E-state index contributed by atoms with van der Waals surface area (Å²) in [5.74, 6) is -4.04. The Morgan fingerprint density at radius 3 is 2.12 bits per heavy atom. The number of benzene rings is 4. The van der Waals surface area contributed by atoms with E-state index in [1.165, 1.54) is 29.2 Å². The van der Waals surface area contributed by atoms with Crippen molar-refractivity contribution in [1.82, 2.24) is 9.21 Å². The van der Waals surface area contributed by atoms with Gasteiger partial charge in [0.05, 0.1) is 11.0 Å². The summed E-state index contributed by atoms with van der Waals surface area (Å²) in [5, 5.41) is 1.39. The zero-order valence-corrected chi connectivity index (χ0v) is 27.8. The molecule has 4 aromatic carbocycles. The number of alkyl halides is 2. The molecule has 7 nitrogen and oxygen atoms in total. The maximum absolute atomic E-state index is 16.9. The molecule has 2 heterocycles. The Bertz CT molecular complexity index is 1880. The molecule has 0 aromatic heterocycles. The van der Waals surface area contributed by atoms with Crippen molar-refractivity contribution in [2.24, 2.45) is 5.73 Å². The molecule has 7 rings (SSSR count). The fraction of sp³-hybridized carbons (Fsp3) is 0.395. The lowest BCUT2D eigenvalue weighted by atomic mass is 9.93. The van der Waals surface area contributed by atoms with E-state index in [4.69, 9.17) is 10.5 Å². The van der Waals surface area contributed by atoms with Gasteiger partial charge in [-0.3, -0.25) is 4.79 Å². The van der Waals surface area contributed by atoms with Gasteiger partial charge < -0.3 is 15.4 Å². The summed E-state index contributed by atoms with van der Waals surface area (Å²) in [6.45, 7) is 0. The van der Waals surface area contributed by atoms with Gasteiger partial charge in [0.1, 0.15) is 5.75 Å². The third-order valence-electron chi connectivity index (χ3n) is 10.4. The van der Waals surface area contributed by atoms with Crippen LogP contribution in [0.15, 0.2) is 95.9 Å². The Kier molecular flexibility index (Phi) is 8.76. The quantitative estimate of drug-likeness (QED) is 0.205. The summed E-state index contributed by atoms with van der Waals surface area (Å²) >= 11 is 0. The molecule has 0 radical (unpaired) electrons. The number of nitrogens with zero attached hydrogens (tertiary/aromatic N) is 2. The lowest BCUT2D eigenvalue weighted by molar-refractivity contribution is -0.154. The molecule has 2 unspecified atom stereocenters. The van der Waals surface area contributed by atoms with Gasteiger partial charge in [0.15, 0.2) is 6.04 Å². The van der Waals surface area contributed by atoms with Crippen molar-refractivity contribution in [3.8, 4) is 16.9 Å². The van der Waals surface area contributed by atoms with Crippen molar-refractivity contribution in [2.75, 3.05) is 7.05 Å². The van der Waals surface area contributed by atoms with Crippen LogP contribution in [-0.2, 0) is 20.7 Å². The predicted octanol–water partition coefficient (Wildman–Crippen LogP) is 7.09. The molecule has 3 atom stereocenters. The van der Waals surface area contributed by atoms with E-state index >= 15 is 8.78 Å². The minimum absolute atomic E-state index is 0.126. The SMILES string of the molecule is CN([C@H](C(=O)N1C2CCC1CC(N)C2)C(F)(F)c1ccc(-c2ccccc2)cc1)S(=O)(=O)c1ccc2cc(OC3CCCC3)ccc2c1. The minimum Gasteiger partial charge on any atom is -0.490 e. The van der Waals surface area contributed by atoms with Crippen LogP contribution in [0.25, 0.3) is 21.9 Å². The number of amides is 1. The molecule has 2 saturated heterocycles. The summed E-state index contributed by atoms with van der Waals surface area (Å²) in [6.07, 6.45) is 6.78. The number of rotatable bonds is 9. The van der Waals surface area contributed by atoms with E-state index in [1.54, 1.807) is 30.3 Å². The average molecular weight is 674 g/mol. The molecule has 10 heteroatoms. The van der Waals surface area contributed by atoms with E-state index in [0.717, 1.165) is 49.2 Å². The number of ether oxygens (including phenoxy) is 1. The van der Waals surface area contributed by atoms with Crippen molar-refractivity contribution in [3.05, 3.63) is 96.6 Å².